The molecule has 6 atom stereocenters. The van der Waals surface area contributed by atoms with E-state index in [-0.39, 0.29) is 63.0 Å². The van der Waals surface area contributed by atoms with Gasteiger partial charge in [-0.05, 0) is 38.5 Å². The van der Waals surface area contributed by atoms with Crippen molar-refractivity contribution in [3.05, 3.63) is 0 Å². The van der Waals surface area contributed by atoms with Crippen LogP contribution in [0.5, 0.6) is 0 Å². The third kappa shape index (κ3) is 12.2. The van der Waals surface area contributed by atoms with Crippen LogP contribution in [-0.4, -0.2) is 119 Å². The number of hydrogen-bond acceptors (Lipinski definition) is 10. The number of amides is 2. The molecule has 0 bridgehead atoms. The van der Waals surface area contributed by atoms with E-state index in [9.17, 15) is 39.6 Å². The van der Waals surface area contributed by atoms with E-state index in [0.29, 0.717) is 51.4 Å². The van der Waals surface area contributed by atoms with Gasteiger partial charge in [-0.25, -0.2) is 0 Å². The maximum atomic E-state index is 11.9. The summed E-state index contributed by atoms with van der Waals surface area (Å²) in [5.41, 5.74) is -1.85. The van der Waals surface area contributed by atoms with Crippen LogP contribution in [0.3, 0.4) is 0 Å². The third-order valence-corrected chi connectivity index (χ3v) is 7.50. The van der Waals surface area contributed by atoms with Crippen LogP contribution in [0.15, 0.2) is 0 Å². The number of aliphatic hydroxyl groups excluding tert-OH is 4. The Bertz CT molecular complexity index is 757. The summed E-state index contributed by atoms with van der Waals surface area (Å²) in [6, 6.07) is -0.512. The SMILES string of the molecule is CC(C)(CO)C(O)C(=O)NC1CCCC(C(=O)[O-])C1.CC(C)(CO)C(O)C(=O)NC1CCCC(C(=O)[O-])C1.[Ca+2]. The molecule has 13 heteroatoms. The average molecular weight is 585 g/mol. The number of hydrogen-bond donors (Lipinski definition) is 6. The van der Waals surface area contributed by atoms with Crippen LogP contribution in [0.1, 0.15) is 79.1 Å². The van der Waals surface area contributed by atoms with Gasteiger partial charge in [0.2, 0.25) is 11.8 Å². The van der Waals surface area contributed by atoms with Gasteiger partial charge in [0.25, 0.3) is 0 Å². The smallest absolute Gasteiger partial charge is 0.550 e. The molecule has 2 fully saturated rings. The monoisotopic (exact) mass is 584 g/mol. The Hall–Kier alpha value is -1.02. The van der Waals surface area contributed by atoms with Crippen LogP contribution in [0.2, 0.25) is 0 Å². The van der Waals surface area contributed by atoms with Crippen molar-refractivity contribution in [2.24, 2.45) is 22.7 Å². The van der Waals surface area contributed by atoms with E-state index in [1.807, 2.05) is 0 Å². The van der Waals surface area contributed by atoms with E-state index >= 15 is 0 Å². The van der Waals surface area contributed by atoms with Crippen LogP contribution < -0.4 is 20.8 Å². The third-order valence-electron chi connectivity index (χ3n) is 7.50. The summed E-state index contributed by atoms with van der Waals surface area (Å²) in [5, 5.41) is 64.9. The zero-order valence-corrected chi connectivity index (χ0v) is 25.7. The summed E-state index contributed by atoms with van der Waals surface area (Å²) in [6.45, 7) is 5.72. The van der Waals surface area contributed by atoms with Crippen LogP contribution in [0, 0.1) is 22.7 Å². The molecule has 6 N–H and O–H groups in total. The van der Waals surface area contributed by atoms with Crippen molar-refractivity contribution >= 4 is 61.5 Å². The van der Waals surface area contributed by atoms with E-state index in [0.717, 1.165) is 0 Å². The fourth-order valence-corrected chi connectivity index (χ4v) is 4.51. The second-order valence-electron chi connectivity index (χ2n) is 11.9. The van der Waals surface area contributed by atoms with E-state index in [2.05, 4.69) is 10.6 Å². The van der Waals surface area contributed by atoms with Crippen molar-refractivity contribution in [1.29, 1.82) is 0 Å². The van der Waals surface area contributed by atoms with Crippen LogP contribution >= 0.6 is 0 Å². The Morgan fingerprint density at radius 2 is 1.03 bits per heavy atom. The molecule has 39 heavy (non-hydrogen) atoms. The molecule has 6 unspecified atom stereocenters. The second-order valence-corrected chi connectivity index (χ2v) is 11.9. The maximum Gasteiger partial charge on any atom is 2.00 e. The first-order chi connectivity index (χ1) is 17.5. The molecule has 0 aliphatic heterocycles. The van der Waals surface area contributed by atoms with Gasteiger partial charge >= 0.3 is 37.7 Å². The number of carboxylic acids is 2. The van der Waals surface area contributed by atoms with E-state index in [1.54, 1.807) is 27.7 Å². The Morgan fingerprint density at radius 1 is 0.718 bits per heavy atom. The zero-order chi connectivity index (χ0) is 29.3. The molecule has 2 aliphatic carbocycles. The maximum absolute atomic E-state index is 11.9. The van der Waals surface area contributed by atoms with Gasteiger partial charge in [0.1, 0.15) is 12.2 Å². The van der Waals surface area contributed by atoms with Gasteiger partial charge in [-0.15, -0.1) is 0 Å². The fraction of sp³-hybridized carbons (Fsp3) is 0.846. The van der Waals surface area contributed by atoms with Crippen molar-refractivity contribution in [3.8, 4) is 0 Å². The minimum absolute atomic E-state index is 0. The van der Waals surface area contributed by atoms with Gasteiger partial charge < -0.3 is 50.9 Å². The molecule has 2 aliphatic rings. The summed E-state index contributed by atoms with van der Waals surface area (Å²) >= 11 is 0. The quantitative estimate of drug-likeness (QED) is 0.145. The first-order valence-electron chi connectivity index (χ1n) is 13.2. The standard InChI is InChI=1S/2C13H23NO5.Ca/c2*1-13(2,7-15)10(16)11(17)14-9-5-3-4-8(6-9)12(18)19;/h2*8-10,15-16H,3-7H2,1-2H3,(H,14,17)(H,18,19);/q;;+2/p-2. The number of carbonyl (C=O) groups excluding carboxylic acids is 4. The van der Waals surface area contributed by atoms with Gasteiger partial charge in [-0.3, -0.25) is 9.59 Å². The van der Waals surface area contributed by atoms with Crippen LogP contribution in [-0.2, 0) is 19.2 Å². The minimum atomic E-state index is -1.32. The van der Waals surface area contributed by atoms with Gasteiger partial charge in [0.05, 0.1) is 13.2 Å². The molecule has 2 saturated carbocycles. The van der Waals surface area contributed by atoms with Crippen molar-refractivity contribution < 1.29 is 49.8 Å². The van der Waals surface area contributed by atoms with E-state index in [1.165, 1.54) is 0 Å². The summed E-state index contributed by atoms with van der Waals surface area (Å²) in [6.07, 6.45) is 1.98. The van der Waals surface area contributed by atoms with Crippen molar-refractivity contribution in [2.45, 2.75) is 103 Å². The molecular formula is C26H44CaN2O10. The zero-order valence-electron chi connectivity index (χ0n) is 23.5. The van der Waals surface area contributed by atoms with Gasteiger partial charge in [-0.2, -0.15) is 0 Å². The number of carboxylic acid groups (broad SMARTS) is 2. The van der Waals surface area contributed by atoms with E-state index in [4.69, 9.17) is 10.2 Å². The number of rotatable bonds is 10. The molecule has 0 spiro atoms. The van der Waals surface area contributed by atoms with Crippen LogP contribution in [0.25, 0.3) is 0 Å². The Labute approximate surface area is 259 Å². The number of aliphatic carboxylic acids is 2. The first kappa shape index (κ1) is 38.0. The van der Waals surface area contributed by atoms with Gasteiger partial charge in [-0.1, -0.05) is 40.5 Å². The predicted molar refractivity (Wildman–Crippen MR) is 137 cm³/mol. The minimum Gasteiger partial charge on any atom is -0.550 e. The molecule has 0 heterocycles. The van der Waals surface area contributed by atoms with Crippen molar-refractivity contribution in [2.75, 3.05) is 13.2 Å². The molecule has 2 rings (SSSR count). The number of carbonyl (C=O) groups is 4. The summed E-state index contributed by atoms with van der Waals surface area (Å²) in [4.78, 5) is 45.4. The Kier molecular flexibility index (Phi) is 16.6. The predicted octanol–water partition coefficient (Wildman–Crippen LogP) is -2.80. The molecule has 0 aromatic rings. The molecule has 0 saturated heterocycles. The van der Waals surface area contributed by atoms with Gasteiger partial charge in [0.15, 0.2) is 0 Å². The number of aliphatic hydroxyl groups is 4. The molecule has 0 aromatic heterocycles. The van der Waals surface area contributed by atoms with Gasteiger partial charge in [0, 0.05) is 46.7 Å². The Balaban J connectivity index is 0.000000722. The summed E-state index contributed by atoms with van der Waals surface area (Å²) in [5.74, 6) is -4.39. The van der Waals surface area contributed by atoms with Crippen LogP contribution in [0.4, 0.5) is 0 Å². The topological polar surface area (TPSA) is 219 Å². The van der Waals surface area contributed by atoms with Crippen molar-refractivity contribution in [3.63, 3.8) is 0 Å². The average Bonchev–Trinajstić information content (AvgIpc) is 2.88. The van der Waals surface area contributed by atoms with Crippen molar-refractivity contribution in [1.82, 2.24) is 10.6 Å². The summed E-state index contributed by atoms with van der Waals surface area (Å²) in [7, 11) is 0. The Morgan fingerprint density at radius 3 is 1.28 bits per heavy atom. The molecule has 0 aromatic carbocycles. The second kappa shape index (κ2) is 17.1. The molecule has 2 amide bonds. The molecule has 0 radical (unpaired) electrons. The first-order valence-corrected chi connectivity index (χ1v) is 13.2. The van der Waals surface area contributed by atoms with E-state index < -0.39 is 58.6 Å². The molecular weight excluding hydrogens is 540 g/mol. The number of nitrogens with one attached hydrogen (secondary N) is 2. The molecule has 220 valence electrons. The summed E-state index contributed by atoms with van der Waals surface area (Å²) < 4.78 is 0. The molecule has 12 nitrogen and oxygen atoms in total. The largest absolute Gasteiger partial charge is 2.00 e. The normalized spacial score (nSPS) is 25.0. The fourth-order valence-electron chi connectivity index (χ4n) is 4.51.